The lowest BCUT2D eigenvalue weighted by molar-refractivity contribution is 0.0851. The summed E-state index contributed by atoms with van der Waals surface area (Å²) in [4.78, 5) is 19.5. The molecule has 0 bridgehead atoms. The van der Waals surface area contributed by atoms with Crippen LogP contribution in [0.2, 0.25) is 0 Å². The van der Waals surface area contributed by atoms with Crippen LogP contribution in [0.25, 0.3) is 0 Å². The van der Waals surface area contributed by atoms with Gasteiger partial charge in [0.05, 0.1) is 20.8 Å². The smallest absolute Gasteiger partial charge is 0.268 e. The highest BCUT2D eigenvalue weighted by molar-refractivity contribution is 6.13. The number of amides is 1. The Labute approximate surface area is 158 Å². The number of anilines is 1. The normalized spacial score (nSPS) is 15.3. The van der Waals surface area contributed by atoms with E-state index in [1.54, 1.807) is 37.3 Å². The molecule has 140 valence electrons. The highest BCUT2D eigenvalue weighted by atomic mass is 16.5. The van der Waals surface area contributed by atoms with E-state index in [0.29, 0.717) is 36.1 Å². The number of carbonyl (C=O) groups is 1. The van der Waals surface area contributed by atoms with Crippen molar-refractivity contribution in [1.29, 1.82) is 0 Å². The van der Waals surface area contributed by atoms with Gasteiger partial charge in [-0.2, -0.15) is 0 Å². The Kier molecular flexibility index (Phi) is 4.71. The first-order valence-corrected chi connectivity index (χ1v) is 9.18. The van der Waals surface area contributed by atoms with Crippen LogP contribution in [-0.2, 0) is 12.8 Å². The van der Waals surface area contributed by atoms with Crippen molar-refractivity contribution in [3.8, 4) is 11.5 Å². The minimum atomic E-state index is -0.180. The van der Waals surface area contributed by atoms with Gasteiger partial charge in [0.2, 0.25) is 5.96 Å². The van der Waals surface area contributed by atoms with Gasteiger partial charge in [0.1, 0.15) is 17.1 Å². The molecule has 0 saturated heterocycles. The quantitative estimate of drug-likeness (QED) is 0.904. The van der Waals surface area contributed by atoms with Gasteiger partial charge in [-0.15, -0.1) is 0 Å². The molecule has 1 aliphatic heterocycles. The maximum absolute atomic E-state index is 13.3. The summed E-state index contributed by atoms with van der Waals surface area (Å²) in [6.45, 7) is 1.10. The lowest BCUT2D eigenvalue weighted by Gasteiger charge is -2.22. The fraction of sp³-hybridized carbons (Fsp3) is 0.333. The fourth-order valence-electron chi connectivity index (χ4n) is 3.81. The number of rotatable bonds is 4. The number of nitrogens with one attached hydrogen (secondary N) is 1. The Balaban J connectivity index is 1.63. The highest BCUT2D eigenvalue weighted by Crippen LogP contribution is 2.32. The molecule has 6 heteroatoms. The Bertz CT molecular complexity index is 885. The molecule has 2 aromatic carbocycles. The van der Waals surface area contributed by atoms with Gasteiger partial charge in [-0.3, -0.25) is 14.7 Å². The van der Waals surface area contributed by atoms with Gasteiger partial charge in [-0.1, -0.05) is 18.2 Å². The molecule has 0 spiro atoms. The Hall–Kier alpha value is -3.02. The maximum atomic E-state index is 13.3. The summed E-state index contributed by atoms with van der Waals surface area (Å²) in [6.07, 6.45) is 3.33. The van der Waals surface area contributed by atoms with Crippen molar-refractivity contribution < 1.29 is 14.3 Å². The van der Waals surface area contributed by atoms with Crippen LogP contribution in [0, 0.1) is 0 Å². The van der Waals surface area contributed by atoms with Crippen LogP contribution < -0.4 is 14.8 Å². The molecule has 2 aromatic rings. The summed E-state index contributed by atoms with van der Waals surface area (Å²) >= 11 is 0. The lowest BCUT2D eigenvalue weighted by atomic mass is 10.1. The van der Waals surface area contributed by atoms with E-state index in [4.69, 9.17) is 9.47 Å². The van der Waals surface area contributed by atoms with Gasteiger partial charge in [0.25, 0.3) is 5.91 Å². The summed E-state index contributed by atoms with van der Waals surface area (Å²) in [7, 11) is 3.10. The number of carbonyl (C=O) groups excluding carboxylic acids is 1. The van der Waals surface area contributed by atoms with Crippen LogP contribution in [0.1, 0.15) is 27.9 Å². The van der Waals surface area contributed by atoms with Crippen LogP contribution in [0.5, 0.6) is 11.5 Å². The number of nitrogens with zero attached hydrogens (tertiary/aromatic N) is 2. The largest absolute Gasteiger partial charge is 0.496 e. The second-order valence-electron chi connectivity index (χ2n) is 6.62. The molecule has 0 atom stereocenters. The molecule has 0 saturated carbocycles. The van der Waals surface area contributed by atoms with E-state index in [-0.39, 0.29) is 5.91 Å². The number of hydrogen-bond acceptors (Lipinski definition) is 5. The first-order chi connectivity index (χ1) is 13.2. The van der Waals surface area contributed by atoms with Crippen LogP contribution in [0.3, 0.4) is 0 Å². The van der Waals surface area contributed by atoms with E-state index in [2.05, 4.69) is 28.5 Å². The van der Waals surface area contributed by atoms with Gasteiger partial charge in [0, 0.05) is 12.2 Å². The topological polar surface area (TPSA) is 63.2 Å². The van der Waals surface area contributed by atoms with Crippen LogP contribution in [-0.4, -0.2) is 44.1 Å². The van der Waals surface area contributed by atoms with Crippen LogP contribution in [0.4, 0.5) is 5.69 Å². The molecule has 6 nitrogen and oxygen atoms in total. The number of guanidine groups is 1. The second-order valence-corrected chi connectivity index (χ2v) is 6.62. The zero-order valence-corrected chi connectivity index (χ0v) is 15.6. The second kappa shape index (κ2) is 7.31. The molecule has 0 unspecified atom stereocenters. The molecule has 27 heavy (non-hydrogen) atoms. The molecular formula is C21H23N3O3. The van der Waals surface area contributed by atoms with Gasteiger partial charge in [0.15, 0.2) is 0 Å². The molecule has 1 heterocycles. The van der Waals surface area contributed by atoms with E-state index in [1.165, 1.54) is 17.5 Å². The van der Waals surface area contributed by atoms with E-state index in [1.807, 2.05) is 0 Å². The molecule has 4 rings (SSSR count). The minimum Gasteiger partial charge on any atom is -0.496 e. The summed E-state index contributed by atoms with van der Waals surface area (Å²) in [5.41, 5.74) is 4.16. The number of aryl methyl sites for hydroxylation is 1. The Morgan fingerprint density at radius 1 is 1.07 bits per heavy atom. The molecule has 0 fully saturated rings. The Morgan fingerprint density at radius 3 is 2.56 bits per heavy atom. The van der Waals surface area contributed by atoms with E-state index in [0.717, 1.165) is 18.5 Å². The molecule has 1 amide bonds. The predicted molar refractivity (Wildman–Crippen MR) is 105 cm³/mol. The van der Waals surface area contributed by atoms with Crippen molar-refractivity contribution >= 4 is 17.6 Å². The van der Waals surface area contributed by atoms with Gasteiger partial charge >= 0.3 is 0 Å². The first kappa shape index (κ1) is 17.4. The Morgan fingerprint density at radius 2 is 1.81 bits per heavy atom. The summed E-state index contributed by atoms with van der Waals surface area (Å²) in [6, 6.07) is 11.6. The number of hydrogen-bond donors (Lipinski definition) is 1. The van der Waals surface area contributed by atoms with E-state index >= 15 is 0 Å². The number of benzene rings is 2. The first-order valence-electron chi connectivity index (χ1n) is 9.18. The average Bonchev–Trinajstić information content (AvgIpc) is 3.36. The third kappa shape index (κ3) is 3.12. The van der Waals surface area contributed by atoms with Gasteiger partial charge in [-0.25, -0.2) is 0 Å². The van der Waals surface area contributed by atoms with Gasteiger partial charge < -0.3 is 14.8 Å². The van der Waals surface area contributed by atoms with E-state index in [9.17, 15) is 4.79 Å². The number of methoxy groups -OCH3 is 2. The molecule has 0 aromatic heterocycles. The highest BCUT2D eigenvalue weighted by Gasteiger charge is 2.30. The maximum Gasteiger partial charge on any atom is 0.268 e. The zero-order chi connectivity index (χ0) is 18.8. The van der Waals surface area contributed by atoms with Crippen LogP contribution >= 0.6 is 0 Å². The SMILES string of the molecule is COc1cccc(OC)c1C(=O)N1CCN=C1Nc1cccc2c1CCC2. The molecule has 1 N–H and O–H groups in total. The monoisotopic (exact) mass is 365 g/mol. The molecule has 2 aliphatic rings. The van der Waals surface area contributed by atoms with Crippen molar-refractivity contribution in [1.82, 2.24) is 4.90 Å². The average molecular weight is 365 g/mol. The third-order valence-corrected chi connectivity index (χ3v) is 5.12. The van der Waals surface area contributed by atoms with Crippen molar-refractivity contribution in [2.24, 2.45) is 4.99 Å². The van der Waals surface area contributed by atoms with E-state index < -0.39 is 0 Å². The standard InChI is InChI=1S/C21H23N3O3/c1-26-17-10-5-11-18(27-2)19(17)20(25)24-13-12-22-21(24)23-16-9-4-7-14-6-3-8-15(14)16/h4-5,7,9-11H,3,6,8,12-13H2,1-2H3,(H,22,23). The summed E-state index contributed by atoms with van der Waals surface area (Å²) in [5.74, 6) is 1.38. The molecular weight excluding hydrogens is 342 g/mol. The predicted octanol–water partition coefficient (Wildman–Crippen LogP) is 3.12. The van der Waals surface area contributed by atoms with Crippen LogP contribution in [0.15, 0.2) is 41.4 Å². The van der Waals surface area contributed by atoms with Gasteiger partial charge in [-0.05, 0) is 48.6 Å². The van der Waals surface area contributed by atoms with Crippen molar-refractivity contribution in [2.45, 2.75) is 19.3 Å². The number of ether oxygens (including phenoxy) is 2. The zero-order valence-electron chi connectivity index (χ0n) is 15.6. The summed E-state index contributed by atoms with van der Waals surface area (Å²) in [5, 5.41) is 3.39. The summed E-state index contributed by atoms with van der Waals surface area (Å²) < 4.78 is 10.8. The van der Waals surface area contributed by atoms with Crippen molar-refractivity contribution in [3.63, 3.8) is 0 Å². The van der Waals surface area contributed by atoms with Crippen molar-refractivity contribution in [3.05, 3.63) is 53.1 Å². The van der Waals surface area contributed by atoms with Crippen molar-refractivity contribution in [2.75, 3.05) is 32.6 Å². The molecule has 1 aliphatic carbocycles. The lowest BCUT2D eigenvalue weighted by Crippen LogP contribution is -2.38. The number of fused-ring (bicyclic) bond motifs is 1. The molecule has 0 radical (unpaired) electrons. The fourth-order valence-corrected chi connectivity index (χ4v) is 3.81. The third-order valence-electron chi connectivity index (χ3n) is 5.12. The number of aliphatic imine (C=N–C) groups is 1. The minimum absolute atomic E-state index is 0.180.